The van der Waals surface area contributed by atoms with Crippen molar-refractivity contribution in [2.45, 2.75) is 27.2 Å². The van der Waals surface area contributed by atoms with Gasteiger partial charge in [-0.3, -0.25) is 10.2 Å². The number of thiazole rings is 1. The molecule has 0 bridgehead atoms. The van der Waals surface area contributed by atoms with E-state index in [1.165, 1.54) is 11.3 Å². The lowest BCUT2D eigenvalue weighted by atomic mass is 10.0. The summed E-state index contributed by atoms with van der Waals surface area (Å²) >= 11 is 1.39. The molecule has 0 aliphatic carbocycles. The van der Waals surface area contributed by atoms with Crippen LogP contribution in [-0.4, -0.2) is 28.9 Å². The standard InChI is InChI=1S/C19H20N4O3S/c1-4-25-17(24)9-16-11-27-19(21-16)22-20-10-14-5-7-15(8-6-14)18-12(2)23-26-13(18)3/h5-8,10-11H,4,9H2,1-3H3,(H,21,22). The minimum Gasteiger partial charge on any atom is -0.466 e. The molecule has 0 fully saturated rings. The van der Waals surface area contributed by atoms with Crippen LogP contribution in [0.3, 0.4) is 0 Å². The molecule has 0 saturated heterocycles. The molecule has 8 heteroatoms. The molecule has 0 spiro atoms. The fourth-order valence-electron chi connectivity index (χ4n) is 2.59. The highest BCUT2D eigenvalue weighted by atomic mass is 32.1. The summed E-state index contributed by atoms with van der Waals surface area (Å²) in [6.07, 6.45) is 1.88. The number of hydrogen-bond acceptors (Lipinski definition) is 8. The first kappa shape index (κ1) is 18.8. The molecule has 0 aliphatic rings. The summed E-state index contributed by atoms with van der Waals surface area (Å²) in [6.45, 7) is 5.98. The van der Waals surface area contributed by atoms with Gasteiger partial charge in [0.25, 0.3) is 0 Å². The molecular weight excluding hydrogens is 364 g/mol. The number of benzene rings is 1. The van der Waals surface area contributed by atoms with E-state index in [2.05, 4.69) is 20.7 Å². The zero-order valence-corrected chi connectivity index (χ0v) is 16.2. The van der Waals surface area contributed by atoms with Gasteiger partial charge < -0.3 is 9.26 Å². The van der Waals surface area contributed by atoms with Gasteiger partial charge in [0.2, 0.25) is 5.13 Å². The third-order valence-corrected chi connectivity index (χ3v) is 4.58. The quantitative estimate of drug-likeness (QED) is 0.377. The summed E-state index contributed by atoms with van der Waals surface area (Å²) in [4.78, 5) is 15.8. The fraction of sp³-hybridized carbons (Fsp3) is 0.263. The third kappa shape index (κ3) is 4.79. The van der Waals surface area contributed by atoms with Crippen molar-refractivity contribution >= 4 is 28.7 Å². The maximum Gasteiger partial charge on any atom is 0.311 e. The number of esters is 1. The Morgan fingerprint density at radius 2 is 2.11 bits per heavy atom. The summed E-state index contributed by atoms with van der Waals surface area (Å²) in [5.74, 6) is 0.522. The first-order chi connectivity index (χ1) is 13.1. The van der Waals surface area contributed by atoms with Crippen LogP contribution >= 0.6 is 11.3 Å². The van der Waals surface area contributed by atoms with Crippen LogP contribution in [0.2, 0.25) is 0 Å². The maximum absolute atomic E-state index is 11.5. The molecule has 140 valence electrons. The van der Waals surface area contributed by atoms with Crippen molar-refractivity contribution in [2.75, 3.05) is 12.0 Å². The second kappa shape index (κ2) is 8.59. The molecule has 27 heavy (non-hydrogen) atoms. The van der Waals surface area contributed by atoms with E-state index in [4.69, 9.17) is 9.26 Å². The lowest BCUT2D eigenvalue weighted by Crippen LogP contribution is -2.07. The van der Waals surface area contributed by atoms with Crippen molar-refractivity contribution in [1.29, 1.82) is 0 Å². The second-order valence-corrected chi connectivity index (χ2v) is 6.68. The van der Waals surface area contributed by atoms with Crippen LogP contribution in [0.5, 0.6) is 0 Å². The molecule has 0 unspecified atom stereocenters. The number of hydrazone groups is 1. The number of nitrogens with zero attached hydrogens (tertiary/aromatic N) is 3. The van der Waals surface area contributed by atoms with E-state index in [0.29, 0.717) is 17.4 Å². The predicted molar refractivity (Wildman–Crippen MR) is 105 cm³/mol. The smallest absolute Gasteiger partial charge is 0.311 e. The normalized spacial score (nSPS) is 11.1. The topological polar surface area (TPSA) is 89.6 Å². The molecule has 1 N–H and O–H groups in total. The number of rotatable bonds is 7. The van der Waals surface area contributed by atoms with Gasteiger partial charge in [0.1, 0.15) is 5.76 Å². The molecule has 0 atom stereocenters. The molecule has 1 aromatic carbocycles. The zero-order valence-electron chi connectivity index (χ0n) is 15.4. The first-order valence-corrected chi connectivity index (χ1v) is 9.37. The summed E-state index contributed by atoms with van der Waals surface area (Å²) in [5.41, 5.74) is 7.44. The number of carbonyl (C=O) groups excluding carboxylic acids is 1. The van der Waals surface area contributed by atoms with Gasteiger partial charge in [-0.15, -0.1) is 11.3 Å². The van der Waals surface area contributed by atoms with E-state index in [0.717, 1.165) is 28.1 Å². The molecule has 0 amide bonds. The van der Waals surface area contributed by atoms with E-state index in [-0.39, 0.29) is 12.4 Å². The average Bonchev–Trinajstić information content (AvgIpc) is 3.22. The molecule has 3 rings (SSSR count). The average molecular weight is 384 g/mol. The Hall–Kier alpha value is -3.00. The Kier molecular flexibility index (Phi) is 5.97. The van der Waals surface area contributed by atoms with E-state index in [1.807, 2.05) is 43.5 Å². The molecule has 0 saturated carbocycles. The van der Waals surface area contributed by atoms with E-state index < -0.39 is 0 Å². The van der Waals surface area contributed by atoms with Crippen LogP contribution in [0.1, 0.15) is 29.6 Å². The Balaban J connectivity index is 1.59. The highest BCUT2D eigenvalue weighted by Gasteiger charge is 2.11. The lowest BCUT2D eigenvalue weighted by Gasteiger charge is -2.01. The van der Waals surface area contributed by atoms with Crippen LogP contribution < -0.4 is 5.43 Å². The Morgan fingerprint density at radius 1 is 1.33 bits per heavy atom. The number of ether oxygens (including phenoxy) is 1. The number of hydrogen-bond donors (Lipinski definition) is 1. The van der Waals surface area contributed by atoms with Crippen molar-refractivity contribution in [3.05, 3.63) is 52.4 Å². The van der Waals surface area contributed by atoms with Gasteiger partial charge in [0, 0.05) is 10.9 Å². The van der Waals surface area contributed by atoms with Crippen LogP contribution in [-0.2, 0) is 16.0 Å². The molecule has 0 aliphatic heterocycles. The monoisotopic (exact) mass is 384 g/mol. The number of nitrogens with one attached hydrogen (secondary N) is 1. The van der Waals surface area contributed by atoms with Crippen molar-refractivity contribution in [2.24, 2.45) is 5.10 Å². The van der Waals surface area contributed by atoms with Gasteiger partial charge in [-0.2, -0.15) is 5.10 Å². The molecule has 3 aromatic rings. The summed E-state index contributed by atoms with van der Waals surface area (Å²) in [5, 5.41) is 10.6. The minimum atomic E-state index is -0.281. The second-order valence-electron chi connectivity index (χ2n) is 5.82. The summed E-state index contributed by atoms with van der Waals surface area (Å²) < 4.78 is 10.1. The summed E-state index contributed by atoms with van der Waals surface area (Å²) in [6, 6.07) is 7.96. The van der Waals surface area contributed by atoms with E-state index in [9.17, 15) is 4.79 Å². The Bertz CT molecular complexity index is 925. The highest BCUT2D eigenvalue weighted by molar-refractivity contribution is 7.13. The third-order valence-electron chi connectivity index (χ3n) is 3.79. The van der Waals surface area contributed by atoms with Gasteiger partial charge in [-0.25, -0.2) is 4.98 Å². The van der Waals surface area contributed by atoms with Crippen LogP contribution in [0, 0.1) is 13.8 Å². The largest absolute Gasteiger partial charge is 0.466 e. The van der Waals surface area contributed by atoms with Gasteiger partial charge in [-0.05, 0) is 31.9 Å². The van der Waals surface area contributed by atoms with Crippen molar-refractivity contribution in [3.63, 3.8) is 0 Å². The van der Waals surface area contributed by atoms with Crippen molar-refractivity contribution < 1.29 is 14.1 Å². The molecule has 0 radical (unpaired) electrons. The van der Waals surface area contributed by atoms with Crippen molar-refractivity contribution in [1.82, 2.24) is 10.1 Å². The molecule has 2 aromatic heterocycles. The maximum atomic E-state index is 11.5. The Labute approximate surface area is 161 Å². The lowest BCUT2D eigenvalue weighted by molar-refractivity contribution is -0.142. The SMILES string of the molecule is CCOC(=O)Cc1csc(NN=Cc2ccc(-c3c(C)noc3C)cc2)n1. The molecule has 2 heterocycles. The van der Waals surface area contributed by atoms with Gasteiger partial charge in [0.05, 0.1) is 30.6 Å². The number of anilines is 1. The zero-order chi connectivity index (χ0) is 19.2. The number of carbonyl (C=O) groups is 1. The predicted octanol–water partition coefficient (Wildman–Crippen LogP) is 3.97. The molecule has 7 nitrogen and oxygen atoms in total. The molecular formula is C19H20N4O3S. The van der Waals surface area contributed by atoms with Gasteiger partial charge >= 0.3 is 5.97 Å². The van der Waals surface area contributed by atoms with E-state index in [1.54, 1.807) is 13.1 Å². The minimum absolute atomic E-state index is 0.166. The summed E-state index contributed by atoms with van der Waals surface area (Å²) in [7, 11) is 0. The van der Waals surface area contributed by atoms with E-state index >= 15 is 0 Å². The number of aromatic nitrogens is 2. The van der Waals surface area contributed by atoms with Crippen LogP contribution in [0.15, 0.2) is 39.3 Å². The van der Waals surface area contributed by atoms with Crippen LogP contribution in [0.4, 0.5) is 5.13 Å². The fourth-order valence-corrected chi connectivity index (χ4v) is 3.25. The highest BCUT2D eigenvalue weighted by Crippen LogP contribution is 2.26. The van der Waals surface area contributed by atoms with Crippen LogP contribution in [0.25, 0.3) is 11.1 Å². The van der Waals surface area contributed by atoms with Gasteiger partial charge in [0.15, 0.2) is 0 Å². The number of aryl methyl sites for hydroxylation is 2. The van der Waals surface area contributed by atoms with Crippen molar-refractivity contribution in [3.8, 4) is 11.1 Å². The van der Waals surface area contributed by atoms with Gasteiger partial charge in [-0.1, -0.05) is 29.4 Å². The Morgan fingerprint density at radius 3 is 2.78 bits per heavy atom. The first-order valence-electron chi connectivity index (χ1n) is 8.49.